The average molecular weight is 1010 g/mol. The van der Waals surface area contributed by atoms with Gasteiger partial charge in [0.25, 0.3) is 0 Å². The van der Waals surface area contributed by atoms with Gasteiger partial charge in [-0.25, -0.2) is 4.98 Å². The van der Waals surface area contributed by atoms with E-state index < -0.39 is 65.1 Å². The first-order chi connectivity index (χ1) is 33.9. The van der Waals surface area contributed by atoms with Crippen molar-refractivity contribution in [3.63, 3.8) is 0 Å². The summed E-state index contributed by atoms with van der Waals surface area (Å²) in [5, 5.41) is 9.29. The molecular weight excluding hydrogens is 947 g/mol. The van der Waals surface area contributed by atoms with Crippen LogP contribution in [0.25, 0.3) is 43.5 Å². The van der Waals surface area contributed by atoms with Crippen molar-refractivity contribution in [2.24, 2.45) is 0 Å². The molecule has 0 radical (unpaired) electrons. The Balaban J connectivity index is 1.21. The SMILES string of the molecule is CC(=O)OC1C(Nc2nc(OCc3ccccc3)c3ncn([C@H]4C[C@H](O[Si](C)(C)C(C)(C)C)[C@@H](CO[Si](C)(C)C(C)(C)C)O4)c3n2)c2c(cc3ccc4cccc5ccc2c3c45)[C@@H](OC(C)=O)[C@@H]1OC(C)=O. The lowest BCUT2D eigenvalue weighted by molar-refractivity contribution is -0.187. The molecule has 1 aliphatic heterocycles. The molecule has 15 nitrogen and oxygen atoms in total. The van der Waals surface area contributed by atoms with Crippen molar-refractivity contribution in [3.05, 3.63) is 102 Å². The Morgan fingerprint density at radius 1 is 0.750 bits per heavy atom. The fraction of sp³-hybridized carbons (Fsp3) is 0.455. The number of rotatable bonds is 14. The van der Waals surface area contributed by atoms with E-state index in [1.807, 2.05) is 65.2 Å². The molecule has 0 spiro atoms. The van der Waals surface area contributed by atoms with E-state index in [0.29, 0.717) is 35.3 Å². The maximum atomic E-state index is 13.3. The number of nitrogens with zero attached hydrogens (tertiary/aromatic N) is 4. The second kappa shape index (κ2) is 19.1. The monoisotopic (exact) mass is 1010 g/mol. The molecule has 0 bridgehead atoms. The number of benzene rings is 5. The number of carbonyl (C=O) groups excluding carboxylic acids is 3. The van der Waals surface area contributed by atoms with E-state index in [-0.39, 0.29) is 40.7 Å². The summed E-state index contributed by atoms with van der Waals surface area (Å²) in [5.41, 5.74) is 2.95. The Bertz CT molecular complexity index is 3150. The molecule has 5 aromatic carbocycles. The maximum absolute atomic E-state index is 13.3. The summed E-state index contributed by atoms with van der Waals surface area (Å²) < 4.78 is 47.8. The summed E-state index contributed by atoms with van der Waals surface area (Å²) in [5.74, 6) is -1.62. The first-order valence-corrected chi connectivity index (χ1v) is 30.6. The van der Waals surface area contributed by atoms with Crippen LogP contribution in [-0.4, -0.2) is 85.1 Å². The molecule has 1 fully saturated rings. The number of imidazole rings is 1. The van der Waals surface area contributed by atoms with Crippen molar-refractivity contribution >= 4 is 84.0 Å². The molecule has 3 heterocycles. The van der Waals surface area contributed by atoms with E-state index in [2.05, 4.69) is 91.2 Å². The number of fused-ring (bicyclic) bond motifs is 3. The zero-order valence-electron chi connectivity index (χ0n) is 43.6. The molecule has 2 aromatic heterocycles. The number of carbonyl (C=O) groups is 3. The number of anilines is 1. The van der Waals surface area contributed by atoms with Crippen molar-refractivity contribution in [1.82, 2.24) is 19.5 Å². The van der Waals surface area contributed by atoms with Gasteiger partial charge in [0.1, 0.15) is 18.9 Å². The highest BCUT2D eigenvalue weighted by Gasteiger charge is 2.51. The number of aromatic nitrogens is 4. The van der Waals surface area contributed by atoms with Crippen LogP contribution in [0.1, 0.15) is 104 Å². The van der Waals surface area contributed by atoms with Gasteiger partial charge in [-0.2, -0.15) is 9.97 Å². The second-order valence-corrected chi connectivity index (χ2v) is 31.9. The van der Waals surface area contributed by atoms with Crippen LogP contribution < -0.4 is 10.1 Å². The van der Waals surface area contributed by atoms with Gasteiger partial charge in [0.15, 0.2) is 46.1 Å². The van der Waals surface area contributed by atoms with Crippen LogP contribution in [0, 0.1) is 0 Å². The molecule has 1 saturated heterocycles. The van der Waals surface area contributed by atoms with E-state index in [9.17, 15) is 14.4 Å². The molecule has 17 heteroatoms. The lowest BCUT2D eigenvalue weighted by atomic mass is 9.77. The van der Waals surface area contributed by atoms with Gasteiger partial charge in [0.05, 0.1) is 25.1 Å². The number of hydrogen-bond donors (Lipinski definition) is 1. The van der Waals surface area contributed by atoms with Crippen LogP contribution in [0.2, 0.25) is 36.3 Å². The predicted molar refractivity (Wildman–Crippen MR) is 282 cm³/mol. The van der Waals surface area contributed by atoms with Crippen LogP contribution in [0.15, 0.2) is 85.2 Å². The Morgan fingerprint density at radius 3 is 2.04 bits per heavy atom. The summed E-state index contributed by atoms with van der Waals surface area (Å²) in [7, 11) is -4.48. The number of nitrogens with one attached hydrogen (secondary N) is 1. The van der Waals surface area contributed by atoms with E-state index in [0.717, 1.165) is 37.9 Å². The van der Waals surface area contributed by atoms with Crippen LogP contribution in [0.5, 0.6) is 5.88 Å². The zero-order valence-corrected chi connectivity index (χ0v) is 45.6. The van der Waals surface area contributed by atoms with E-state index in [1.54, 1.807) is 6.33 Å². The van der Waals surface area contributed by atoms with Crippen molar-refractivity contribution in [3.8, 4) is 5.88 Å². The molecule has 72 heavy (non-hydrogen) atoms. The van der Waals surface area contributed by atoms with Crippen molar-refractivity contribution in [2.75, 3.05) is 11.9 Å². The lowest BCUT2D eigenvalue weighted by Crippen LogP contribution is -2.50. The van der Waals surface area contributed by atoms with Crippen LogP contribution in [0.3, 0.4) is 0 Å². The molecule has 0 amide bonds. The maximum Gasteiger partial charge on any atom is 0.303 e. The second-order valence-electron chi connectivity index (χ2n) is 22.3. The standard InChI is InChI=1S/C55H67N5O10Si2/c1-31(61)66-48-39-26-37-23-22-35-20-17-21-36-24-25-38(44(37)43(35)36)45(39)46(49(67-32(2)62)50(48)68-33(3)63)57-53-58-51-47(52(59-53)64-28-34-18-15-14-16-19-34)56-30-60(51)42-27-40(70-72(12,13)55(7,8)9)41(69-42)29-65-71(10,11)54(4,5)6/h14-26,30,40-42,46,48-50H,27-29H2,1-13H3,(H,57,58,59)/t40-,41+,42+,46?,48+,49?,50-/m0/s1. The predicted octanol–water partition coefficient (Wildman–Crippen LogP) is 11.6. The molecule has 1 aliphatic carbocycles. The molecule has 2 aliphatic rings. The molecule has 9 rings (SSSR count). The minimum absolute atomic E-state index is 0.0114. The van der Waals surface area contributed by atoms with E-state index in [1.165, 1.54) is 20.8 Å². The van der Waals surface area contributed by atoms with Gasteiger partial charge in [0, 0.05) is 32.8 Å². The molecule has 7 aromatic rings. The minimum Gasteiger partial charge on any atom is -0.471 e. The highest BCUT2D eigenvalue weighted by atomic mass is 28.4. The lowest BCUT2D eigenvalue weighted by Gasteiger charge is -2.43. The number of esters is 3. The molecule has 1 N–H and O–H groups in total. The Morgan fingerprint density at radius 2 is 1.39 bits per heavy atom. The summed E-state index contributed by atoms with van der Waals surface area (Å²) in [6, 6.07) is 25.1. The Kier molecular flexibility index (Phi) is 13.5. The topological polar surface area (TPSA) is 171 Å². The van der Waals surface area contributed by atoms with Gasteiger partial charge in [-0.1, -0.05) is 114 Å². The smallest absolute Gasteiger partial charge is 0.303 e. The van der Waals surface area contributed by atoms with Gasteiger partial charge in [0.2, 0.25) is 11.8 Å². The first-order valence-electron chi connectivity index (χ1n) is 24.8. The largest absolute Gasteiger partial charge is 0.471 e. The Hall–Kier alpha value is -5.99. The first kappa shape index (κ1) is 50.9. The number of hydrogen-bond acceptors (Lipinski definition) is 14. The van der Waals surface area contributed by atoms with Crippen LogP contribution in [0.4, 0.5) is 5.95 Å². The summed E-state index contributed by atoms with van der Waals surface area (Å²) >= 11 is 0. The van der Waals surface area contributed by atoms with Gasteiger partial charge in [-0.3, -0.25) is 19.0 Å². The van der Waals surface area contributed by atoms with E-state index in [4.69, 9.17) is 47.5 Å². The van der Waals surface area contributed by atoms with Gasteiger partial charge in [-0.15, -0.1) is 0 Å². The third-order valence-corrected chi connectivity index (χ3v) is 24.2. The third-order valence-electron chi connectivity index (χ3n) is 15.2. The highest BCUT2D eigenvalue weighted by Crippen LogP contribution is 2.50. The van der Waals surface area contributed by atoms with Crippen molar-refractivity contribution in [2.45, 2.75) is 154 Å². The fourth-order valence-electron chi connectivity index (χ4n) is 9.59. The van der Waals surface area contributed by atoms with Gasteiger partial charge in [-0.05, 0) is 85.8 Å². The summed E-state index contributed by atoms with van der Waals surface area (Å²) in [4.78, 5) is 54.4. The Labute approximate surface area is 422 Å². The summed E-state index contributed by atoms with van der Waals surface area (Å²) in [6.07, 6.45) is -2.73. The van der Waals surface area contributed by atoms with Gasteiger partial charge >= 0.3 is 17.9 Å². The van der Waals surface area contributed by atoms with E-state index >= 15 is 0 Å². The molecule has 0 saturated carbocycles. The molecule has 380 valence electrons. The van der Waals surface area contributed by atoms with Crippen LogP contribution >= 0.6 is 0 Å². The van der Waals surface area contributed by atoms with Crippen molar-refractivity contribution < 1.29 is 46.9 Å². The fourth-order valence-corrected chi connectivity index (χ4v) is 12.0. The highest BCUT2D eigenvalue weighted by molar-refractivity contribution is 6.74. The average Bonchev–Trinajstić information content (AvgIpc) is 3.91. The normalized spacial score (nSPS) is 21.8. The van der Waals surface area contributed by atoms with Crippen molar-refractivity contribution in [1.29, 1.82) is 0 Å². The van der Waals surface area contributed by atoms with Crippen LogP contribution in [-0.2, 0) is 48.8 Å². The molecule has 2 unspecified atom stereocenters. The quantitative estimate of drug-likeness (QED) is 0.0472. The molecule has 7 atom stereocenters. The zero-order chi connectivity index (χ0) is 51.7. The minimum atomic E-state index is -2.30. The summed E-state index contributed by atoms with van der Waals surface area (Å²) in [6.45, 7) is 26.7. The van der Waals surface area contributed by atoms with Gasteiger partial charge < -0.3 is 37.9 Å². The third kappa shape index (κ3) is 9.80. The molecular formula is C55H67N5O10Si2. The number of ether oxygens (including phenoxy) is 5.